The van der Waals surface area contributed by atoms with Crippen molar-refractivity contribution in [1.82, 2.24) is 19.8 Å². The Labute approximate surface area is 201 Å². The van der Waals surface area contributed by atoms with Crippen LogP contribution in [0.15, 0.2) is 42.7 Å². The maximum absolute atomic E-state index is 13.2. The number of carbonyl (C=O) groups excluding carboxylic acids is 1. The number of carbonyl (C=O) groups is 1. The molecule has 2 saturated heterocycles. The molecule has 3 aliphatic rings. The summed E-state index contributed by atoms with van der Waals surface area (Å²) >= 11 is 0. The summed E-state index contributed by atoms with van der Waals surface area (Å²) in [6.07, 6.45) is 4.70. The van der Waals surface area contributed by atoms with Gasteiger partial charge in [-0.15, -0.1) is 0 Å². The van der Waals surface area contributed by atoms with Crippen LogP contribution in [0.5, 0.6) is 0 Å². The second-order valence-electron chi connectivity index (χ2n) is 10.7. The Morgan fingerprint density at radius 2 is 1.74 bits per heavy atom. The molecule has 0 radical (unpaired) electrons. The maximum atomic E-state index is 13.2. The lowest BCUT2D eigenvalue weighted by Crippen LogP contribution is -2.68. The van der Waals surface area contributed by atoms with Crippen molar-refractivity contribution >= 4 is 12.0 Å². The van der Waals surface area contributed by atoms with E-state index in [0.29, 0.717) is 30.0 Å². The van der Waals surface area contributed by atoms with E-state index in [1.807, 2.05) is 24.8 Å². The van der Waals surface area contributed by atoms with Gasteiger partial charge in [0.2, 0.25) is 5.95 Å². The Bertz CT molecular complexity index is 1060. The quantitative estimate of drug-likeness (QED) is 0.691. The molecule has 5 rings (SSSR count). The lowest BCUT2D eigenvalue weighted by molar-refractivity contribution is -0.187. The first kappa shape index (κ1) is 22.6. The molecule has 1 spiro atoms. The van der Waals surface area contributed by atoms with Gasteiger partial charge in [0, 0.05) is 38.1 Å². The van der Waals surface area contributed by atoms with E-state index in [0.717, 1.165) is 32.5 Å². The molecule has 3 fully saturated rings. The van der Waals surface area contributed by atoms with Gasteiger partial charge in [0.15, 0.2) is 0 Å². The standard InChI is InChI=1S/C26H32N6O2/c1-19-12-31(23-28-10-22(9-27)11-29-23)13-20(2)32(19)24(33)34-25(3)15-26(16-25)17-30(18-26)14-21-7-5-4-6-8-21/h4-8,10-11,19-20H,12-18H2,1-3H3/t19-,20-/m1/s1. The maximum Gasteiger partial charge on any atom is 0.410 e. The van der Waals surface area contributed by atoms with Gasteiger partial charge in [-0.2, -0.15) is 5.26 Å². The van der Waals surface area contributed by atoms with Crippen molar-refractivity contribution in [2.45, 2.75) is 57.8 Å². The predicted molar refractivity (Wildman–Crippen MR) is 128 cm³/mol. The van der Waals surface area contributed by atoms with Crippen LogP contribution in [0.4, 0.5) is 10.7 Å². The molecule has 0 N–H and O–H groups in total. The van der Waals surface area contributed by atoms with E-state index in [1.165, 1.54) is 18.0 Å². The zero-order valence-electron chi connectivity index (χ0n) is 20.1. The van der Waals surface area contributed by atoms with Gasteiger partial charge in [-0.05, 0) is 39.2 Å². The summed E-state index contributed by atoms with van der Waals surface area (Å²) in [6.45, 7) is 10.5. The molecule has 1 amide bonds. The minimum Gasteiger partial charge on any atom is -0.443 e. The number of anilines is 1. The number of hydrogen-bond donors (Lipinski definition) is 0. The molecule has 2 aromatic rings. The average molecular weight is 461 g/mol. The second-order valence-corrected chi connectivity index (χ2v) is 10.7. The van der Waals surface area contributed by atoms with Crippen molar-refractivity contribution in [1.29, 1.82) is 5.26 Å². The van der Waals surface area contributed by atoms with E-state index >= 15 is 0 Å². The SMILES string of the molecule is C[C@@H]1CN(c2ncc(C#N)cn2)C[C@@H](C)N1C(=O)OC1(C)CC2(CN(Cc3ccccc3)C2)C1. The Balaban J connectivity index is 1.13. The highest BCUT2D eigenvalue weighted by Gasteiger charge is 2.60. The summed E-state index contributed by atoms with van der Waals surface area (Å²) in [4.78, 5) is 28.2. The van der Waals surface area contributed by atoms with Gasteiger partial charge in [0.1, 0.15) is 11.7 Å². The van der Waals surface area contributed by atoms with Crippen LogP contribution in [-0.2, 0) is 11.3 Å². The molecule has 2 aliphatic heterocycles. The zero-order chi connectivity index (χ0) is 23.9. The Morgan fingerprint density at radius 3 is 2.32 bits per heavy atom. The molecule has 0 bridgehead atoms. The van der Waals surface area contributed by atoms with Crippen molar-refractivity contribution in [3.63, 3.8) is 0 Å². The second kappa shape index (κ2) is 8.55. The van der Waals surface area contributed by atoms with Gasteiger partial charge in [-0.3, -0.25) is 9.80 Å². The molecule has 1 aromatic carbocycles. The molecular weight excluding hydrogens is 428 g/mol. The first-order valence-electron chi connectivity index (χ1n) is 12.0. The highest BCUT2D eigenvalue weighted by Crippen LogP contribution is 2.56. The predicted octanol–water partition coefficient (Wildman–Crippen LogP) is 3.44. The molecule has 8 heteroatoms. The summed E-state index contributed by atoms with van der Waals surface area (Å²) in [5.41, 5.74) is 1.70. The molecule has 8 nitrogen and oxygen atoms in total. The molecule has 1 saturated carbocycles. The first-order valence-corrected chi connectivity index (χ1v) is 12.0. The van der Waals surface area contributed by atoms with Crippen LogP contribution in [-0.4, -0.2) is 69.7 Å². The Kier molecular flexibility index (Phi) is 5.68. The van der Waals surface area contributed by atoms with E-state index < -0.39 is 0 Å². The number of nitriles is 1. The fourth-order valence-corrected chi connectivity index (χ4v) is 6.34. The number of benzene rings is 1. The molecule has 1 aromatic heterocycles. The van der Waals surface area contributed by atoms with Crippen molar-refractivity contribution in [3.8, 4) is 6.07 Å². The third-order valence-corrected chi connectivity index (χ3v) is 7.38. The number of aromatic nitrogens is 2. The summed E-state index contributed by atoms with van der Waals surface area (Å²) in [5, 5.41) is 8.96. The van der Waals surface area contributed by atoms with Crippen LogP contribution < -0.4 is 4.90 Å². The van der Waals surface area contributed by atoms with Gasteiger partial charge in [0.25, 0.3) is 0 Å². The number of hydrogen-bond acceptors (Lipinski definition) is 7. The number of rotatable bonds is 4. The van der Waals surface area contributed by atoms with E-state index in [9.17, 15) is 4.79 Å². The monoisotopic (exact) mass is 460 g/mol. The van der Waals surface area contributed by atoms with Crippen LogP contribution >= 0.6 is 0 Å². The third kappa shape index (κ3) is 4.32. The van der Waals surface area contributed by atoms with Crippen LogP contribution in [0, 0.1) is 16.7 Å². The number of likely N-dealkylation sites (tertiary alicyclic amines) is 1. The minimum absolute atomic E-state index is 0.0294. The summed E-state index contributed by atoms with van der Waals surface area (Å²) in [5.74, 6) is 0.587. The van der Waals surface area contributed by atoms with Crippen molar-refractivity contribution in [2.75, 3.05) is 31.1 Å². The van der Waals surface area contributed by atoms with Gasteiger partial charge in [-0.25, -0.2) is 14.8 Å². The van der Waals surface area contributed by atoms with E-state index in [2.05, 4.69) is 57.0 Å². The molecule has 0 unspecified atom stereocenters. The molecule has 3 heterocycles. The van der Waals surface area contributed by atoms with E-state index in [4.69, 9.17) is 10.00 Å². The van der Waals surface area contributed by atoms with Gasteiger partial charge in [-0.1, -0.05) is 30.3 Å². The van der Waals surface area contributed by atoms with Crippen molar-refractivity contribution in [2.24, 2.45) is 5.41 Å². The third-order valence-electron chi connectivity index (χ3n) is 7.38. The van der Waals surface area contributed by atoms with Gasteiger partial charge in [0.05, 0.1) is 30.0 Å². The minimum atomic E-state index is -0.386. The summed E-state index contributed by atoms with van der Waals surface area (Å²) in [7, 11) is 0. The largest absolute Gasteiger partial charge is 0.443 e. The van der Waals surface area contributed by atoms with E-state index in [-0.39, 0.29) is 23.8 Å². The van der Waals surface area contributed by atoms with Crippen LogP contribution in [0.1, 0.15) is 44.7 Å². The van der Waals surface area contributed by atoms with Crippen molar-refractivity contribution in [3.05, 3.63) is 53.9 Å². The Hall–Kier alpha value is -3.18. The lowest BCUT2D eigenvalue weighted by atomic mass is 9.55. The summed E-state index contributed by atoms with van der Waals surface area (Å²) in [6, 6.07) is 12.6. The number of ether oxygens (including phenoxy) is 1. The van der Waals surface area contributed by atoms with Crippen LogP contribution in [0.3, 0.4) is 0 Å². The smallest absolute Gasteiger partial charge is 0.410 e. The van der Waals surface area contributed by atoms with Crippen LogP contribution in [0.2, 0.25) is 0 Å². The lowest BCUT2D eigenvalue weighted by Gasteiger charge is -2.63. The number of amides is 1. The number of piperazine rings is 1. The fourth-order valence-electron chi connectivity index (χ4n) is 6.34. The normalized spacial score (nSPS) is 25.2. The van der Waals surface area contributed by atoms with Crippen LogP contribution in [0.25, 0.3) is 0 Å². The highest BCUT2D eigenvalue weighted by atomic mass is 16.6. The molecule has 2 atom stereocenters. The average Bonchev–Trinajstić information content (AvgIpc) is 2.77. The molecule has 34 heavy (non-hydrogen) atoms. The molecular formula is C26H32N6O2. The topological polar surface area (TPSA) is 85.6 Å². The number of nitrogens with zero attached hydrogens (tertiary/aromatic N) is 6. The summed E-state index contributed by atoms with van der Waals surface area (Å²) < 4.78 is 6.09. The van der Waals surface area contributed by atoms with Gasteiger partial charge >= 0.3 is 6.09 Å². The highest BCUT2D eigenvalue weighted by molar-refractivity contribution is 5.70. The molecule has 1 aliphatic carbocycles. The van der Waals surface area contributed by atoms with E-state index in [1.54, 1.807) is 0 Å². The zero-order valence-corrected chi connectivity index (χ0v) is 20.1. The van der Waals surface area contributed by atoms with Crippen molar-refractivity contribution < 1.29 is 9.53 Å². The molecule has 178 valence electrons. The Morgan fingerprint density at radius 1 is 1.12 bits per heavy atom. The fraction of sp³-hybridized carbons (Fsp3) is 0.538. The van der Waals surface area contributed by atoms with Gasteiger partial charge < -0.3 is 9.64 Å². The first-order chi connectivity index (χ1) is 16.3.